The number of hydrogen-bond acceptors (Lipinski definition) is 6. The van der Waals surface area contributed by atoms with E-state index in [2.05, 4.69) is 11.9 Å². The molecule has 0 aliphatic carbocycles. The van der Waals surface area contributed by atoms with Crippen LogP contribution in [0.25, 0.3) is 0 Å². The summed E-state index contributed by atoms with van der Waals surface area (Å²) in [6.07, 6.45) is 2.66. The van der Waals surface area contributed by atoms with Crippen LogP contribution >= 0.6 is 0 Å². The summed E-state index contributed by atoms with van der Waals surface area (Å²) >= 11 is 0. The second-order valence-electron chi connectivity index (χ2n) is 6.38. The van der Waals surface area contributed by atoms with Crippen molar-refractivity contribution in [2.75, 3.05) is 13.2 Å². The van der Waals surface area contributed by atoms with Crippen LogP contribution in [-0.4, -0.2) is 36.1 Å². The Hall–Kier alpha value is -3.35. The van der Waals surface area contributed by atoms with Crippen molar-refractivity contribution in [2.45, 2.75) is 33.6 Å². The number of dihydropyridines is 1. The van der Waals surface area contributed by atoms with Gasteiger partial charge < -0.3 is 20.0 Å². The van der Waals surface area contributed by atoms with Crippen LogP contribution in [0.1, 0.15) is 39.2 Å². The van der Waals surface area contributed by atoms with E-state index in [1.165, 1.54) is 12.3 Å². The maximum absolute atomic E-state index is 12.8. The van der Waals surface area contributed by atoms with Crippen molar-refractivity contribution in [2.24, 2.45) is 0 Å². The summed E-state index contributed by atoms with van der Waals surface area (Å²) in [5, 5.41) is 15.3. The minimum atomic E-state index is -0.730. The minimum Gasteiger partial charge on any atom is -0.618 e. The van der Waals surface area contributed by atoms with Gasteiger partial charge in [-0.1, -0.05) is 18.7 Å². The standard InChI is InChI=1S/C22H26N2O5/c1-6-12-24(27)17-11-9-10-16(13-17)20-18(21(25)28-7-2)14(4)23-15(5)19(20)22(26)29-8-3/h6,9-13,20,23H,1,7-8H2,2-5H3/b24-12-. The van der Waals surface area contributed by atoms with Crippen molar-refractivity contribution >= 4 is 23.8 Å². The van der Waals surface area contributed by atoms with Crippen molar-refractivity contribution < 1.29 is 23.8 Å². The molecular formula is C22H26N2O5. The first-order chi connectivity index (χ1) is 13.8. The highest BCUT2D eigenvalue weighted by molar-refractivity contribution is 6.00. The highest BCUT2D eigenvalue weighted by Gasteiger charge is 2.38. The van der Waals surface area contributed by atoms with Gasteiger partial charge in [-0.15, -0.1) is 0 Å². The zero-order chi connectivity index (χ0) is 21.6. The number of allylic oxidation sites excluding steroid dienone is 3. The normalized spacial score (nSPS) is 15.1. The third kappa shape index (κ3) is 4.74. The molecule has 1 aromatic rings. The summed E-state index contributed by atoms with van der Waals surface area (Å²) in [5.41, 5.74) is 2.74. The van der Waals surface area contributed by atoms with Crippen LogP contribution in [0, 0.1) is 5.21 Å². The first-order valence-electron chi connectivity index (χ1n) is 9.40. The molecule has 154 valence electrons. The van der Waals surface area contributed by atoms with Crippen molar-refractivity contribution in [3.05, 3.63) is 70.2 Å². The molecule has 0 fully saturated rings. The van der Waals surface area contributed by atoms with E-state index in [9.17, 15) is 14.8 Å². The lowest BCUT2D eigenvalue weighted by Crippen LogP contribution is -2.32. The molecule has 7 heteroatoms. The summed E-state index contributed by atoms with van der Waals surface area (Å²) < 4.78 is 11.1. The highest BCUT2D eigenvalue weighted by Crippen LogP contribution is 2.40. The summed E-state index contributed by atoms with van der Waals surface area (Å²) in [6, 6.07) is 6.74. The van der Waals surface area contributed by atoms with Gasteiger partial charge in [0.25, 0.3) is 0 Å². The van der Waals surface area contributed by atoms with E-state index in [-0.39, 0.29) is 13.2 Å². The Morgan fingerprint density at radius 2 is 1.69 bits per heavy atom. The van der Waals surface area contributed by atoms with Crippen LogP contribution in [0.15, 0.2) is 59.5 Å². The highest BCUT2D eigenvalue weighted by atomic mass is 16.5. The molecule has 0 unspecified atom stereocenters. The molecule has 0 spiro atoms. The third-order valence-corrected chi connectivity index (χ3v) is 4.45. The summed E-state index contributed by atoms with van der Waals surface area (Å²) in [5.74, 6) is -1.79. The van der Waals surface area contributed by atoms with Crippen molar-refractivity contribution in [1.82, 2.24) is 5.32 Å². The van der Waals surface area contributed by atoms with Gasteiger partial charge in [-0.05, 0) is 39.3 Å². The van der Waals surface area contributed by atoms with Crippen LogP contribution in [0.5, 0.6) is 0 Å². The van der Waals surface area contributed by atoms with E-state index in [1.54, 1.807) is 52.0 Å². The van der Waals surface area contributed by atoms with Crippen molar-refractivity contribution in [1.29, 1.82) is 0 Å². The number of benzene rings is 1. The molecule has 2 rings (SSSR count). The Morgan fingerprint density at radius 3 is 2.17 bits per heavy atom. The number of nitrogens with zero attached hydrogens (tertiary/aromatic N) is 1. The van der Waals surface area contributed by atoms with Crippen LogP contribution in [0.4, 0.5) is 5.69 Å². The first-order valence-corrected chi connectivity index (χ1v) is 9.40. The summed E-state index contributed by atoms with van der Waals surface area (Å²) in [6.45, 7) is 10.9. The fourth-order valence-electron chi connectivity index (χ4n) is 3.31. The predicted molar refractivity (Wildman–Crippen MR) is 111 cm³/mol. The number of nitrogens with one attached hydrogen (secondary N) is 1. The van der Waals surface area contributed by atoms with Crippen LogP contribution < -0.4 is 5.32 Å². The monoisotopic (exact) mass is 398 g/mol. The largest absolute Gasteiger partial charge is 0.618 e. The van der Waals surface area contributed by atoms with Crippen LogP contribution in [0.2, 0.25) is 0 Å². The number of rotatable bonds is 7. The molecule has 0 saturated heterocycles. The topological polar surface area (TPSA) is 90.7 Å². The Bertz CT molecular complexity index is 872. The predicted octanol–water partition coefficient (Wildman–Crippen LogP) is 3.45. The summed E-state index contributed by atoms with van der Waals surface area (Å²) in [7, 11) is 0. The number of esters is 2. The Kier molecular flexibility index (Phi) is 7.36. The van der Waals surface area contributed by atoms with Crippen LogP contribution in [-0.2, 0) is 19.1 Å². The van der Waals surface area contributed by atoms with Gasteiger partial charge in [0.05, 0.1) is 30.3 Å². The van der Waals surface area contributed by atoms with Gasteiger partial charge in [0.1, 0.15) is 0 Å². The van der Waals surface area contributed by atoms with Gasteiger partial charge in [0, 0.05) is 23.5 Å². The van der Waals surface area contributed by atoms with Gasteiger partial charge in [-0.2, -0.15) is 4.74 Å². The summed E-state index contributed by atoms with van der Waals surface area (Å²) in [4.78, 5) is 25.5. The van der Waals surface area contributed by atoms with Gasteiger partial charge in [-0.25, -0.2) is 9.59 Å². The average molecular weight is 398 g/mol. The zero-order valence-corrected chi connectivity index (χ0v) is 17.2. The smallest absolute Gasteiger partial charge is 0.336 e. The molecule has 1 aliphatic heterocycles. The lowest BCUT2D eigenvalue weighted by atomic mass is 9.80. The van der Waals surface area contributed by atoms with Gasteiger partial charge >= 0.3 is 11.9 Å². The van der Waals surface area contributed by atoms with Crippen LogP contribution in [0.3, 0.4) is 0 Å². The SMILES string of the molecule is C=C/C=[N+](\[O-])c1cccc(C2C(C(=O)OCC)=C(C)NC(C)=C2C(=O)OCC)c1. The number of hydrogen-bond donors (Lipinski definition) is 1. The molecule has 7 nitrogen and oxygen atoms in total. The molecular weight excluding hydrogens is 372 g/mol. The zero-order valence-electron chi connectivity index (χ0n) is 17.2. The van der Waals surface area contributed by atoms with Gasteiger partial charge in [0.2, 0.25) is 5.69 Å². The second kappa shape index (κ2) is 9.73. The fourth-order valence-corrected chi connectivity index (χ4v) is 3.31. The van der Waals surface area contributed by atoms with E-state index >= 15 is 0 Å². The van der Waals surface area contributed by atoms with Crippen molar-refractivity contribution in [3.8, 4) is 0 Å². The molecule has 1 N–H and O–H groups in total. The molecule has 1 aromatic carbocycles. The molecule has 0 amide bonds. The molecule has 0 saturated carbocycles. The van der Waals surface area contributed by atoms with E-state index in [0.29, 0.717) is 38.5 Å². The van der Waals surface area contributed by atoms with Gasteiger partial charge in [-0.3, -0.25) is 0 Å². The maximum Gasteiger partial charge on any atom is 0.336 e. The molecule has 0 aromatic heterocycles. The molecule has 0 bridgehead atoms. The fraction of sp³-hybridized carbons (Fsp3) is 0.318. The molecule has 0 atom stereocenters. The number of carbonyl (C=O) groups excluding carboxylic acids is 2. The van der Waals surface area contributed by atoms with E-state index in [0.717, 1.165) is 0 Å². The van der Waals surface area contributed by atoms with E-state index in [1.807, 2.05) is 0 Å². The van der Waals surface area contributed by atoms with Gasteiger partial charge in [0.15, 0.2) is 6.21 Å². The van der Waals surface area contributed by atoms with E-state index < -0.39 is 17.9 Å². The van der Waals surface area contributed by atoms with Crippen molar-refractivity contribution in [3.63, 3.8) is 0 Å². The number of ether oxygens (including phenoxy) is 2. The molecule has 0 radical (unpaired) electrons. The Morgan fingerprint density at radius 1 is 1.14 bits per heavy atom. The molecule has 1 heterocycles. The third-order valence-electron chi connectivity index (χ3n) is 4.45. The molecule has 1 aliphatic rings. The number of carbonyl (C=O) groups is 2. The molecule has 29 heavy (non-hydrogen) atoms. The van der Waals surface area contributed by atoms with E-state index in [4.69, 9.17) is 9.47 Å². The average Bonchev–Trinajstić information content (AvgIpc) is 2.67. The first kappa shape index (κ1) is 21.9. The minimum absolute atomic E-state index is 0.197. The lowest BCUT2D eigenvalue weighted by molar-refractivity contribution is -0.354. The lowest BCUT2D eigenvalue weighted by Gasteiger charge is -2.30. The quantitative estimate of drug-likeness (QED) is 0.249. The Balaban J connectivity index is 2.69. The second-order valence-corrected chi connectivity index (χ2v) is 6.38. The maximum atomic E-state index is 12.8. The Labute approximate surface area is 170 Å².